The van der Waals surface area contributed by atoms with Crippen molar-refractivity contribution in [3.8, 4) is 0 Å². The molecule has 0 saturated carbocycles. The summed E-state index contributed by atoms with van der Waals surface area (Å²) in [6.07, 6.45) is 1.25. The largest absolute Gasteiger partial charge is 0.0776 e. The summed E-state index contributed by atoms with van der Waals surface area (Å²) in [4.78, 5) is 0. The average Bonchev–Trinajstić information content (AvgIpc) is 1.96. The predicted molar refractivity (Wildman–Crippen MR) is 68.0 cm³/mol. The number of hydrogen-bond acceptors (Lipinski definition) is 0. The Morgan fingerprint density at radius 3 is 0.833 bits per heavy atom. The molecule has 0 aliphatic carbocycles. The minimum absolute atomic E-state index is 0. The third-order valence-corrected chi connectivity index (χ3v) is 0. The number of rotatable bonds is 0. The molecule has 0 atom stereocenters. The van der Waals surface area contributed by atoms with E-state index in [1.165, 1.54) is 6.42 Å². The molecule has 0 heteroatoms. The maximum absolute atomic E-state index is 2.17. The fourth-order valence-corrected chi connectivity index (χ4v) is 0. The first kappa shape index (κ1) is 29.6. The quantitative estimate of drug-likeness (QED) is 0.429. The highest BCUT2D eigenvalue weighted by atomic mass is 13.7. The Morgan fingerprint density at radius 2 is 0.833 bits per heavy atom. The van der Waals surface area contributed by atoms with Gasteiger partial charge in [-0.05, 0) is 5.92 Å². The summed E-state index contributed by atoms with van der Waals surface area (Å²) in [5.74, 6) is 0.833. The molecule has 0 nitrogen and oxygen atoms in total. The van der Waals surface area contributed by atoms with Crippen molar-refractivity contribution in [2.45, 2.75) is 76.2 Å². The van der Waals surface area contributed by atoms with Crippen molar-refractivity contribution in [2.24, 2.45) is 5.92 Å². The summed E-state index contributed by atoms with van der Waals surface area (Å²) < 4.78 is 0. The Hall–Kier alpha value is 0. The molecule has 0 heterocycles. The molecule has 0 aromatic rings. The van der Waals surface area contributed by atoms with E-state index in [-0.39, 0.29) is 8.85 Å². The van der Waals surface area contributed by atoms with Gasteiger partial charge in [-0.15, -0.1) is 0 Å². The molecule has 0 aliphatic rings. The van der Waals surface area contributed by atoms with E-state index >= 15 is 0 Å². The van der Waals surface area contributed by atoms with Crippen LogP contribution in [0.15, 0.2) is 0 Å². The third kappa shape index (κ3) is 0. The van der Waals surface area contributed by atoms with Crippen molar-refractivity contribution < 1.29 is 1.43 Å². The van der Waals surface area contributed by atoms with Crippen LogP contribution in [-0.4, -0.2) is 0 Å². The molecule has 0 aromatic heterocycles. The maximum Gasteiger partial charge on any atom is 0 e. The van der Waals surface area contributed by atoms with Gasteiger partial charge in [0.2, 0.25) is 0 Å². The van der Waals surface area contributed by atoms with E-state index in [0.717, 1.165) is 5.92 Å². The highest BCUT2D eigenvalue weighted by molar-refractivity contribution is 4.20. The first-order chi connectivity index (χ1) is 5.15. The van der Waals surface area contributed by atoms with Gasteiger partial charge in [0.1, 0.15) is 0 Å². The first-order valence-corrected chi connectivity index (χ1v) is 5.15. The maximum atomic E-state index is 2.17. The lowest BCUT2D eigenvalue weighted by Gasteiger charge is -1.79. The topological polar surface area (TPSA) is 0 Å². The molecule has 0 spiro atoms. The summed E-state index contributed by atoms with van der Waals surface area (Å²) in [5.41, 5.74) is 0. The van der Waals surface area contributed by atoms with Crippen LogP contribution in [0.3, 0.4) is 0 Å². The average molecular weight is 181 g/mol. The molecule has 0 unspecified atom stereocenters. The lowest BCUT2D eigenvalue weighted by atomic mass is 10.3. The summed E-state index contributed by atoms with van der Waals surface area (Å²) in [7, 11) is 0. The fourth-order valence-electron chi connectivity index (χ4n) is 0. The van der Waals surface area contributed by atoms with Crippen molar-refractivity contribution >= 4 is 0 Å². The second-order valence-corrected chi connectivity index (χ2v) is 2.44. The molecule has 0 rings (SSSR count). The summed E-state index contributed by atoms with van der Waals surface area (Å²) >= 11 is 0. The molecule has 0 bridgehead atoms. The Morgan fingerprint density at radius 1 is 0.833 bits per heavy atom. The Bertz CT molecular complexity index is 16.3. The van der Waals surface area contributed by atoms with Crippen LogP contribution in [0.1, 0.15) is 77.6 Å². The van der Waals surface area contributed by atoms with Gasteiger partial charge >= 0.3 is 0 Å². The van der Waals surface area contributed by atoms with Crippen LogP contribution in [0, 0.1) is 5.92 Å². The van der Waals surface area contributed by atoms with Crippen LogP contribution in [0.25, 0.3) is 0 Å². The van der Waals surface area contributed by atoms with Crippen LogP contribution >= 0.6 is 0 Å². The van der Waals surface area contributed by atoms with Crippen LogP contribution in [-0.2, 0) is 0 Å². The Labute approximate surface area is 84.3 Å². The molecule has 0 amide bonds. The van der Waals surface area contributed by atoms with Gasteiger partial charge in [-0.2, -0.15) is 0 Å². The summed E-state index contributed by atoms with van der Waals surface area (Å²) in [6, 6.07) is 0. The molecule has 12 heavy (non-hydrogen) atoms. The monoisotopic (exact) mass is 181 g/mol. The molecular weight excluding hydrogens is 144 g/mol. The predicted octanol–water partition coefficient (Wildman–Crippen LogP) is 6.01. The fraction of sp³-hybridized carbons (Fsp3) is 1.00. The first-order valence-electron chi connectivity index (χ1n) is 5.15. The normalized spacial score (nSPS) is 5.50. The van der Waals surface area contributed by atoms with E-state index < -0.39 is 0 Å². The second-order valence-electron chi connectivity index (χ2n) is 2.44. The summed E-state index contributed by atoms with van der Waals surface area (Å²) in [5, 5.41) is 0. The van der Waals surface area contributed by atoms with Gasteiger partial charge in [0.05, 0.1) is 0 Å². The number of hydrogen-bond donors (Lipinski definition) is 0. The zero-order valence-corrected chi connectivity index (χ0v) is 10.3. The lowest BCUT2D eigenvalue weighted by molar-refractivity contribution is 0.737. The van der Waals surface area contributed by atoms with Crippen molar-refractivity contribution in [2.75, 3.05) is 0 Å². The molecule has 0 saturated heterocycles. The second kappa shape index (κ2) is 68.8. The zero-order chi connectivity index (χ0) is 10.3. The molecule has 84 valence electrons. The van der Waals surface area contributed by atoms with E-state index in [0.29, 0.717) is 0 Å². The van der Waals surface area contributed by atoms with Gasteiger partial charge in [-0.25, -0.2) is 0 Å². The van der Waals surface area contributed by atoms with Gasteiger partial charge in [0, 0.05) is 1.43 Å². The van der Waals surface area contributed by atoms with Crippen LogP contribution in [0.5, 0.6) is 0 Å². The Balaban J connectivity index is -0.0000000125. The Kier molecular flexibility index (Phi) is 170. The molecule has 0 aliphatic heterocycles. The SMILES string of the molecule is C.CC.CC.CC(C)C.CCC.[2HH]. The van der Waals surface area contributed by atoms with Gasteiger partial charge in [0.15, 0.2) is 0 Å². The third-order valence-electron chi connectivity index (χ3n) is 0. The van der Waals surface area contributed by atoms with E-state index in [9.17, 15) is 0 Å². The summed E-state index contributed by atoms with van der Waals surface area (Å²) in [6.45, 7) is 18.8. The van der Waals surface area contributed by atoms with Gasteiger partial charge in [-0.1, -0.05) is 76.2 Å². The molecule has 0 aromatic carbocycles. The van der Waals surface area contributed by atoms with Gasteiger partial charge in [-0.3, -0.25) is 0 Å². The highest BCUT2D eigenvalue weighted by Gasteiger charge is 1.68. The van der Waals surface area contributed by atoms with E-state index in [1.807, 2.05) is 27.7 Å². The van der Waals surface area contributed by atoms with Crippen LogP contribution in [0.2, 0.25) is 0 Å². The lowest BCUT2D eigenvalue weighted by Crippen LogP contribution is -1.66. The minimum Gasteiger partial charge on any atom is -0.0776 e. The van der Waals surface area contributed by atoms with Crippen molar-refractivity contribution in [3.63, 3.8) is 0 Å². The van der Waals surface area contributed by atoms with Crippen molar-refractivity contribution in [3.05, 3.63) is 0 Å². The molecule has 0 N–H and O–H groups in total. The van der Waals surface area contributed by atoms with Gasteiger partial charge < -0.3 is 0 Å². The zero-order valence-electron chi connectivity index (χ0n) is 10.3. The molecular formula is C12H36. The van der Waals surface area contributed by atoms with E-state index in [1.54, 1.807) is 0 Å². The standard InChI is InChI=1S/C4H10.C3H8.2C2H6.CH4.H2/c1-4(2)3;1-3-2;2*1-2;;/h4H,1-3H3;3H2,1-2H3;2*1-2H3;1H4;1H/i;;;;;1+1. The van der Waals surface area contributed by atoms with Crippen LogP contribution < -0.4 is 0 Å². The molecule has 0 radical (unpaired) electrons. The van der Waals surface area contributed by atoms with Crippen molar-refractivity contribution in [1.82, 2.24) is 0 Å². The van der Waals surface area contributed by atoms with Crippen molar-refractivity contribution in [1.29, 1.82) is 0 Å². The van der Waals surface area contributed by atoms with E-state index in [2.05, 4.69) is 34.6 Å². The molecule has 0 fully saturated rings. The van der Waals surface area contributed by atoms with Gasteiger partial charge in [0.25, 0.3) is 0 Å². The van der Waals surface area contributed by atoms with E-state index in [4.69, 9.17) is 0 Å². The highest BCUT2D eigenvalue weighted by Crippen LogP contribution is 1.81. The van der Waals surface area contributed by atoms with Crippen LogP contribution in [0.4, 0.5) is 0 Å². The minimum atomic E-state index is 0. The smallest absolute Gasteiger partial charge is 0 e.